The number of amides is 1. The highest BCUT2D eigenvalue weighted by Gasteiger charge is 2.45. The van der Waals surface area contributed by atoms with E-state index in [1.54, 1.807) is 0 Å². The molecule has 4 nitrogen and oxygen atoms in total. The lowest BCUT2D eigenvalue weighted by Crippen LogP contribution is -2.40. The van der Waals surface area contributed by atoms with Gasteiger partial charge in [-0.2, -0.15) is 0 Å². The van der Waals surface area contributed by atoms with Crippen molar-refractivity contribution in [3.8, 4) is 0 Å². The molecule has 11 heavy (non-hydrogen) atoms. The van der Waals surface area contributed by atoms with E-state index in [1.165, 1.54) is 0 Å². The summed E-state index contributed by atoms with van der Waals surface area (Å²) in [4.78, 5) is 21.5. The van der Waals surface area contributed by atoms with Gasteiger partial charge in [0.25, 0.3) is 0 Å². The van der Waals surface area contributed by atoms with E-state index in [0.29, 0.717) is 25.7 Å². The van der Waals surface area contributed by atoms with E-state index in [2.05, 4.69) is 5.32 Å². The van der Waals surface area contributed by atoms with Crippen molar-refractivity contribution in [2.24, 2.45) is 0 Å². The summed E-state index contributed by atoms with van der Waals surface area (Å²) in [5.74, 6) is -0.216. The summed E-state index contributed by atoms with van der Waals surface area (Å²) in [5, 5.41) is 2.68. The number of carbonyl (C=O) groups is 2. The predicted octanol–water partition coefficient (Wildman–Crippen LogP) is -0.0703. The number of ether oxygens (including phenoxy) is 1. The van der Waals surface area contributed by atoms with Crippen LogP contribution in [-0.2, 0) is 14.3 Å². The Labute approximate surface area is 63.9 Å². The highest BCUT2D eigenvalue weighted by molar-refractivity contribution is 5.81. The van der Waals surface area contributed by atoms with Crippen LogP contribution in [0.15, 0.2) is 0 Å². The fraction of sp³-hybridized carbons (Fsp3) is 0.714. The van der Waals surface area contributed by atoms with Gasteiger partial charge in [0.15, 0.2) is 5.72 Å². The number of hydrogen-bond donors (Lipinski definition) is 1. The number of nitrogens with one attached hydrogen (secondary N) is 1. The van der Waals surface area contributed by atoms with Gasteiger partial charge in [0.05, 0.1) is 6.42 Å². The van der Waals surface area contributed by atoms with E-state index in [9.17, 15) is 9.59 Å². The van der Waals surface area contributed by atoms with Gasteiger partial charge < -0.3 is 10.1 Å². The van der Waals surface area contributed by atoms with Crippen LogP contribution in [0.3, 0.4) is 0 Å². The standard InChI is InChI=1S/C7H9NO3/c9-5-1-3-7(8-5)4-2-6(10)11-7/h1-4H2,(H,8,9). The monoisotopic (exact) mass is 155 g/mol. The van der Waals surface area contributed by atoms with E-state index in [0.717, 1.165) is 0 Å². The highest BCUT2D eigenvalue weighted by Crippen LogP contribution is 2.32. The van der Waals surface area contributed by atoms with E-state index in [4.69, 9.17) is 4.74 Å². The minimum atomic E-state index is -0.617. The Kier molecular flexibility index (Phi) is 1.19. The number of rotatable bonds is 0. The summed E-state index contributed by atoms with van der Waals surface area (Å²) in [6.45, 7) is 0. The fourth-order valence-electron chi connectivity index (χ4n) is 1.58. The Hall–Kier alpha value is -1.06. The molecule has 2 saturated heterocycles. The fourth-order valence-corrected chi connectivity index (χ4v) is 1.58. The van der Waals surface area contributed by atoms with Gasteiger partial charge in [0, 0.05) is 19.3 Å². The summed E-state index contributed by atoms with van der Waals surface area (Å²) < 4.78 is 5.01. The molecule has 2 aliphatic heterocycles. The SMILES string of the molecule is O=C1CCC2(CCC(=O)O2)N1. The van der Waals surface area contributed by atoms with E-state index < -0.39 is 5.72 Å². The molecule has 1 unspecified atom stereocenters. The second-order valence-electron chi connectivity index (χ2n) is 3.02. The molecule has 1 N–H and O–H groups in total. The van der Waals surface area contributed by atoms with Gasteiger partial charge in [-0.05, 0) is 0 Å². The van der Waals surface area contributed by atoms with Crippen LogP contribution in [-0.4, -0.2) is 17.6 Å². The number of hydrogen-bond acceptors (Lipinski definition) is 3. The maximum atomic E-state index is 10.8. The Morgan fingerprint density at radius 1 is 1.27 bits per heavy atom. The first-order valence-corrected chi connectivity index (χ1v) is 3.73. The second-order valence-corrected chi connectivity index (χ2v) is 3.02. The average Bonchev–Trinajstić information content (AvgIpc) is 2.44. The zero-order valence-corrected chi connectivity index (χ0v) is 6.05. The maximum Gasteiger partial charge on any atom is 0.308 e. The Balaban J connectivity index is 2.13. The molecule has 0 bridgehead atoms. The molecule has 0 saturated carbocycles. The molecule has 0 aromatic rings. The van der Waals surface area contributed by atoms with Gasteiger partial charge in [-0.15, -0.1) is 0 Å². The van der Waals surface area contributed by atoms with Gasteiger partial charge in [0.2, 0.25) is 5.91 Å². The van der Waals surface area contributed by atoms with Crippen molar-refractivity contribution in [1.82, 2.24) is 5.32 Å². The first-order valence-electron chi connectivity index (χ1n) is 3.73. The summed E-state index contributed by atoms with van der Waals surface area (Å²) in [6, 6.07) is 0. The quantitative estimate of drug-likeness (QED) is 0.498. The third kappa shape index (κ3) is 0.982. The molecule has 0 aromatic heterocycles. The van der Waals surface area contributed by atoms with Crippen molar-refractivity contribution in [2.75, 3.05) is 0 Å². The van der Waals surface area contributed by atoms with Gasteiger partial charge in [-0.25, -0.2) is 0 Å². The lowest BCUT2D eigenvalue weighted by Gasteiger charge is -2.20. The van der Waals surface area contributed by atoms with Crippen molar-refractivity contribution >= 4 is 11.9 Å². The normalized spacial score (nSPS) is 36.0. The Morgan fingerprint density at radius 3 is 2.45 bits per heavy atom. The minimum absolute atomic E-state index is 0.0142. The maximum absolute atomic E-state index is 10.8. The van der Waals surface area contributed by atoms with Crippen LogP contribution < -0.4 is 5.32 Å². The van der Waals surface area contributed by atoms with E-state index >= 15 is 0 Å². The summed E-state index contributed by atoms with van der Waals surface area (Å²) in [7, 11) is 0. The van der Waals surface area contributed by atoms with E-state index in [1.807, 2.05) is 0 Å². The van der Waals surface area contributed by atoms with Crippen LogP contribution in [0, 0.1) is 0 Å². The van der Waals surface area contributed by atoms with Gasteiger partial charge >= 0.3 is 5.97 Å². The lowest BCUT2D eigenvalue weighted by atomic mass is 10.1. The molecule has 2 aliphatic rings. The van der Waals surface area contributed by atoms with Gasteiger partial charge in [0.1, 0.15) is 0 Å². The topological polar surface area (TPSA) is 55.4 Å². The molecule has 0 aromatic carbocycles. The molecular formula is C7H9NO3. The molecule has 0 aliphatic carbocycles. The van der Waals surface area contributed by atoms with Crippen molar-refractivity contribution in [2.45, 2.75) is 31.4 Å². The molecule has 60 valence electrons. The van der Waals surface area contributed by atoms with Crippen LogP contribution >= 0.6 is 0 Å². The largest absolute Gasteiger partial charge is 0.439 e. The third-order valence-electron chi connectivity index (χ3n) is 2.17. The molecule has 2 rings (SSSR count). The zero-order chi connectivity index (χ0) is 7.90. The van der Waals surface area contributed by atoms with Crippen LogP contribution in [0.2, 0.25) is 0 Å². The molecule has 1 spiro atoms. The van der Waals surface area contributed by atoms with Crippen molar-refractivity contribution < 1.29 is 14.3 Å². The predicted molar refractivity (Wildman–Crippen MR) is 35.4 cm³/mol. The molecule has 2 heterocycles. The van der Waals surface area contributed by atoms with Crippen LogP contribution in [0.1, 0.15) is 25.7 Å². The van der Waals surface area contributed by atoms with Gasteiger partial charge in [-0.1, -0.05) is 0 Å². The first kappa shape index (κ1) is 6.64. The molecule has 0 radical (unpaired) electrons. The summed E-state index contributed by atoms with van der Waals surface area (Å²) >= 11 is 0. The smallest absolute Gasteiger partial charge is 0.308 e. The van der Waals surface area contributed by atoms with Crippen LogP contribution in [0.4, 0.5) is 0 Å². The molecule has 2 fully saturated rings. The van der Waals surface area contributed by atoms with Crippen molar-refractivity contribution in [3.63, 3.8) is 0 Å². The molecule has 1 atom stereocenters. The molecule has 4 heteroatoms. The molecular weight excluding hydrogens is 146 g/mol. The minimum Gasteiger partial charge on any atom is -0.439 e. The van der Waals surface area contributed by atoms with Crippen LogP contribution in [0.5, 0.6) is 0 Å². The highest BCUT2D eigenvalue weighted by atomic mass is 16.6. The van der Waals surface area contributed by atoms with Crippen molar-refractivity contribution in [3.05, 3.63) is 0 Å². The second kappa shape index (κ2) is 1.96. The van der Waals surface area contributed by atoms with Crippen LogP contribution in [0.25, 0.3) is 0 Å². The lowest BCUT2D eigenvalue weighted by molar-refractivity contribution is -0.150. The first-order chi connectivity index (χ1) is 5.20. The van der Waals surface area contributed by atoms with E-state index in [-0.39, 0.29) is 11.9 Å². The van der Waals surface area contributed by atoms with Crippen molar-refractivity contribution in [1.29, 1.82) is 0 Å². The zero-order valence-electron chi connectivity index (χ0n) is 6.05. The Morgan fingerprint density at radius 2 is 2.00 bits per heavy atom. The number of carbonyl (C=O) groups excluding carboxylic acids is 2. The van der Waals surface area contributed by atoms with Gasteiger partial charge in [-0.3, -0.25) is 9.59 Å². The average molecular weight is 155 g/mol. The molecule has 1 amide bonds. The number of esters is 1. The summed E-state index contributed by atoms with van der Waals surface area (Å²) in [5.41, 5.74) is -0.617. The Bertz CT molecular complexity index is 200. The summed E-state index contributed by atoms with van der Waals surface area (Å²) in [6.07, 6.45) is 2.18. The third-order valence-corrected chi connectivity index (χ3v) is 2.17.